The lowest BCUT2D eigenvalue weighted by atomic mass is 10.2. The summed E-state index contributed by atoms with van der Waals surface area (Å²) in [7, 11) is -2.48. The third-order valence-corrected chi connectivity index (χ3v) is 7.12. The molecule has 3 rings (SSSR count). The molecule has 5 amide bonds. The van der Waals surface area contributed by atoms with Crippen molar-refractivity contribution in [2.45, 2.75) is 17.9 Å². The second-order valence-corrected chi connectivity index (χ2v) is 10.1. The quantitative estimate of drug-likeness (QED) is 0.310. The van der Waals surface area contributed by atoms with Gasteiger partial charge in [0.1, 0.15) is 5.69 Å². The van der Waals surface area contributed by atoms with Crippen molar-refractivity contribution in [3.63, 3.8) is 0 Å². The maximum absolute atomic E-state index is 12.8. The molecule has 0 radical (unpaired) electrons. The highest BCUT2D eigenvalue weighted by Crippen LogP contribution is 2.32. The van der Waals surface area contributed by atoms with E-state index in [1.807, 2.05) is 4.72 Å². The zero-order valence-corrected chi connectivity index (χ0v) is 20.9. The number of benzene rings is 2. The van der Waals surface area contributed by atoms with Crippen LogP contribution in [0.3, 0.4) is 0 Å². The van der Waals surface area contributed by atoms with Gasteiger partial charge >= 0.3 is 12.1 Å². The predicted molar refractivity (Wildman–Crippen MR) is 133 cm³/mol. The van der Waals surface area contributed by atoms with Crippen LogP contribution in [0.1, 0.15) is 17.4 Å². The van der Waals surface area contributed by atoms with Crippen LogP contribution < -0.4 is 26.4 Å². The molecule has 0 spiro atoms. The normalized spacial score (nSPS) is 12.1. The Morgan fingerprint density at radius 1 is 1.09 bits per heavy atom. The van der Waals surface area contributed by atoms with Gasteiger partial charge in [0.2, 0.25) is 0 Å². The monoisotopic (exact) mass is 540 g/mol. The van der Waals surface area contributed by atoms with Crippen LogP contribution >= 0.6 is 23.2 Å². The van der Waals surface area contributed by atoms with E-state index in [1.54, 1.807) is 36.7 Å². The van der Waals surface area contributed by atoms with Gasteiger partial charge < -0.3 is 26.3 Å². The fourth-order valence-electron chi connectivity index (χ4n) is 3.22. The van der Waals surface area contributed by atoms with E-state index in [-0.39, 0.29) is 11.4 Å². The summed E-state index contributed by atoms with van der Waals surface area (Å²) in [6.07, 6.45) is 0. The zero-order valence-electron chi connectivity index (χ0n) is 18.6. The number of primary amides is 1. The Hall–Kier alpha value is -3.48. The average molecular weight is 541 g/mol. The minimum Gasteiger partial charge on any atom is -0.352 e. The number of halogens is 2. The SMILES string of the molecule is CC(CNC(N)=O)NC(=O)NS(=O)(=O)c1ccc(NC(=O)c2cc3c(Cl)c(Cl)ccc3n2C)cc1. The minimum absolute atomic E-state index is 0.0210. The standard InChI is InChI=1S/C21H22Cl2N6O5S/c1-11(10-25-20(24)31)26-21(32)28-35(33,34)13-5-3-12(4-6-13)27-19(30)17-9-14-16(29(17)2)8-7-15(22)18(14)23/h3-9,11H,10H2,1-2H3,(H,27,30)(H3,24,25,31)(H2,26,28,32). The molecule has 0 bridgehead atoms. The number of fused-ring (bicyclic) bond motifs is 1. The van der Waals surface area contributed by atoms with Gasteiger partial charge in [-0.1, -0.05) is 23.2 Å². The lowest BCUT2D eigenvalue weighted by molar-refractivity contribution is 0.101. The maximum Gasteiger partial charge on any atom is 0.328 e. The van der Waals surface area contributed by atoms with E-state index in [2.05, 4.69) is 16.0 Å². The van der Waals surface area contributed by atoms with Crippen molar-refractivity contribution in [1.29, 1.82) is 0 Å². The molecule has 0 aliphatic heterocycles. The van der Waals surface area contributed by atoms with Crippen molar-refractivity contribution in [2.24, 2.45) is 12.8 Å². The maximum atomic E-state index is 12.8. The van der Waals surface area contributed by atoms with Gasteiger partial charge in [0.15, 0.2) is 0 Å². The van der Waals surface area contributed by atoms with Crippen LogP contribution in [-0.4, -0.2) is 43.5 Å². The highest BCUT2D eigenvalue weighted by Gasteiger charge is 2.20. The Balaban J connectivity index is 1.67. The third-order valence-electron chi connectivity index (χ3n) is 4.96. The van der Waals surface area contributed by atoms with Crippen molar-refractivity contribution < 1.29 is 22.8 Å². The number of nitrogens with one attached hydrogen (secondary N) is 4. The summed E-state index contributed by atoms with van der Waals surface area (Å²) in [5.41, 5.74) is 6.32. The van der Waals surface area contributed by atoms with Crippen molar-refractivity contribution in [1.82, 2.24) is 19.9 Å². The summed E-state index contributed by atoms with van der Waals surface area (Å²) in [5.74, 6) is -0.442. The molecule has 6 N–H and O–H groups in total. The van der Waals surface area contributed by atoms with Crippen LogP contribution in [0.25, 0.3) is 10.9 Å². The number of sulfonamides is 1. The third kappa shape index (κ3) is 6.15. The molecule has 186 valence electrons. The summed E-state index contributed by atoms with van der Waals surface area (Å²) < 4.78 is 28.5. The van der Waals surface area contributed by atoms with Gasteiger partial charge in [-0.25, -0.2) is 22.7 Å². The molecule has 1 aromatic heterocycles. The van der Waals surface area contributed by atoms with Gasteiger partial charge in [0, 0.05) is 36.2 Å². The molecular formula is C21H22Cl2N6O5S. The molecule has 0 saturated heterocycles. The van der Waals surface area contributed by atoms with Gasteiger partial charge in [0.25, 0.3) is 15.9 Å². The van der Waals surface area contributed by atoms with E-state index in [0.717, 1.165) is 5.52 Å². The highest BCUT2D eigenvalue weighted by atomic mass is 35.5. The van der Waals surface area contributed by atoms with Crippen LogP contribution in [0.5, 0.6) is 0 Å². The number of urea groups is 2. The average Bonchev–Trinajstić information content (AvgIpc) is 3.12. The molecule has 1 atom stereocenters. The van der Waals surface area contributed by atoms with E-state index in [4.69, 9.17) is 28.9 Å². The lowest BCUT2D eigenvalue weighted by Crippen LogP contribution is -2.48. The molecule has 0 aliphatic rings. The fraction of sp³-hybridized carbons (Fsp3) is 0.190. The van der Waals surface area contributed by atoms with Crippen LogP contribution in [0.15, 0.2) is 47.4 Å². The number of hydrogen-bond donors (Lipinski definition) is 5. The topological polar surface area (TPSA) is 164 Å². The summed E-state index contributed by atoms with van der Waals surface area (Å²) >= 11 is 12.3. The van der Waals surface area contributed by atoms with E-state index in [0.29, 0.717) is 26.8 Å². The first kappa shape index (κ1) is 26.1. The smallest absolute Gasteiger partial charge is 0.328 e. The number of hydrogen-bond acceptors (Lipinski definition) is 5. The van der Waals surface area contributed by atoms with Crippen molar-refractivity contribution >= 4 is 67.8 Å². The second kappa shape index (κ2) is 10.4. The Kier molecular flexibility index (Phi) is 7.78. The highest BCUT2D eigenvalue weighted by molar-refractivity contribution is 7.90. The number of nitrogens with two attached hydrogens (primary N) is 1. The van der Waals surface area contributed by atoms with E-state index < -0.39 is 34.0 Å². The number of amides is 5. The van der Waals surface area contributed by atoms with E-state index in [1.165, 1.54) is 24.3 Å². The number of rotatable bonds is 7. The summed E-state index contributed by atoms with van der Waals surface area (Å²) in [4.78, 5) is 35.3. The number of carbonyl (C=O) groups is 3. The number of aromatic nitrogens is 1. The fourth-order valence-corrected chi connectivity index (χ4v) is 4.51. The number of aryl methyl sites for hydroxylation is 1. The summed E-state index contributed by atoms with van der Waals surface area (Å²) in [5, 5.41) is 8.67. The minimum atomic E-state index is -4.18. The van der Waals surface area contributed by atoms with Crippen molar-refractivity contribution in [2.75, 3.05) is 11.9 Å². The molecule has 14 heteroatoms. The summed E-state index contributed by atoms with van der Waals surface area (Å²) in [6.45, 7) is 1.57. The largest absolute Gasteiger partial charge is 0.352 e. The first-order valence-corrected chi connectivity index (χ1v) is 12.3. The van der Waals surface area contributed by atoms with Gasteiger partial charge in [-0.15, -0.1) is 0 Å². The zero-order chi connectivity index (χ0) is 25.9. The Bertz CT molecular complexity index is 1410. The molecule has 35 heavy (non-hydrogen) atoms. The molecule has 0 saturated carbocycles. The van der Waals surface area contributed by atoms with Crippen LogP contribution in [-0.2, 0) is 17.1 Å². The number of nitrogens with zero attached hydrogens (tertiary/aromatic N) is 1. The molecule has 2 aromatic carbocycles. The number of anilines is 1. The second-order valence-electron chi connectivity index (χ2n) is 7.59. The molecule has 1 unspecified atom stereocenters. The molecule has 0 aliphatic carbocycles. The van der Waals surface area contributed by atoms with E-state index >= 15 is 0 Å². The van der Waals surface area contributed by atoms with Gasteiger partial charge in [-0.2, -0.15) is 0 Å². The first-order chi connectivity index (χ1) is 16.4. The molecular weight excluding hydrogens is 519 g/mol. The number of carbonyl (C=O) groups excluding carboxylic acids is 3. The molecule has 0 fully saturated rings. The lowest BCUT2D eigenvalue weighted by Gasteiger charge is -2.15. The Morgan fingerprint density at radius 2 is 1.74 bits per heavy atom. The predicted octanol–water partition coefficient (Wildman–Crippen LogP) is 2.78. The molecule has 11 nitrogen and oxygen atoms in total. The molecule has 3 aromatic rings. The Morgan fingerprint density at radius 3 is 2.37 bits per heavy atom. The van der Waals surface area contributed by atoms with Gasteiger partial charge in [-0.05, 0) is 49.4 Å². The first-order valence-electron chi connectivity index (χ1n) is 10.1. The summed E-state index contributed by atoms with van der Waals surface area (Å²) in [6, 6.07) is 7.92. The van der Waals surface area contributed by atoms with Gasteiger partial charge in [-0.3, -0.25) is 4.79 Å². The van der Waals surface area contributed by atoms with Gasteiger partial charge in [0.05, 0.1) is 14.9 Å². The Labute approximate surface area is 211 Å². The van der Waals surface area contributed by atoms with Crippen LogP contribution in [0.2, 0.25) is 10.0 Å². The van der Waals surface area contributed by atoms with Crippen molar-refractivity contribution in [3.8, 4) is 0 Å². The van der Waals surface area contributed by atoms with Crippen LogP contribution in [0, 0.1) is 0 Å². The van der Waals surface area contributed by atoms with Crippen LogP contribution in [0.4, 0.5) is 15.3 Å². The van der Waals surface area contributed by atoms with E-state index in [9.17, 15) is 22.8 Å². The molecule has 1 heterocycles. The van der Waals surface area contributed by atoms with Crippen molar-refractivity contribution in [3.05, 3.63) is 58.2 Å².